The van der Waals surface area contributed by atoms with E-state index in [1.807, 2.05) is 0 Å². The second-order valence-electron chi connectivity index (χ2n) is 4.63. The third-order valence-corrected chi connectivity index (χ3v) is 3.16. The lowest BCUT2D eigenvalue weighted by molar-refractivity contribution is -0.385. The Morgan fingerprint density at radius 3 is 2.76 bits per heavy atom. The molecule has 6 nitrogen and oxygen atoms in total. The molecule has 0 saturated heterocycles. The van der Waals surface area contributed by atoms with Crippen LogP contribution in [0.25, 0.3) is 0 Å². The maximum Gasteiger partial charge on any atom is 0.314 e. The summed E-state index contributed by atoms with van der Waals surface area (Å²) in [6, 6.07) is 4.41. The predicted molar refractivity (Wildman–Crippen MR) is 72.1 cm³/mol. The lowest BCUT2D eigenvalue weighted by atomic mass is 10.3. The van der Waals surface area contributed by atoms with Gasteiger partial charge < -0.3 is 4.74 Å². The maximum absolute atomic E-state index is 13.1. The minimum Gasteiger partial charge on any atom is -0.432 e. The molecule has 0 spiro atoms. The van der Waals surface area contributed by atoms with Crippen molar-refractivity contribution in [3.8, 4) is 11.6 Å². The molecule has 8 heteroatoms. The van der Waals surface area contributed by atoms with Gasteiger partial charge in [0.05, 0.1) is 11.0 Å². The molecule has 0 radical (unpaired) electrons. The van der Waals surface area contributed by atoms with Gasteiger partial charge in [-0.3, -0.25) is 10.1 Å². The number of nitro groups is 1. The molecule has 0 N–H and O–H groups in total. The van der Waals surface area contributed by atoms with Crippen LogP contribution in [-0.4, -0.2) is 14.9 Å². The number of hydrogen-bond acceptors (Lipinski definition) is 5. The highest BCUT2D eigenvalue weighted by Crippen LogP contribution is 2.40. The molecule has 0 bridgehead atoms. The van der Waals surface area contributed by atoms with Crippen molar-refractivity contribution in [2.45, 2.75) is 18.8 Å². The molecule has 0 unspecified atom stereocenters. The van der Waals surface area contributed by atoms with Gasteiger partial charge in [-0.15, -0.1) is 0 Å². The standard InChI is InChI=1S/C13H9ClFN3O3/c14-11-6-12(17-13(16-11)7-1-2-7)21-10-4-3-8(15)5-9(10)18(19)20/h3-7H,1-2H2. The van der Waals surface area contributed by atoms with E-state index in [2.05, 4.69) is 9.97 Å². The summed E-state index contributed by atoms with van der Waals surface area (Å²) in [4.78, 5) is 18.5. The van der Waals surface area contributed by atoms with Gasteiger partial charge in [0.15, 0.2) is 0 Å². The van der Waals surface area contributed by atoms with Gasteiger partial charge >= 0.3 is 5.69 Å². The highest BCUT2D eigenvalue weighted by molar-refractivity contribution is 6.29. The first-order valence-corrected chi connectivity index (χ1v) is 6.57. The Morgan fingerprint density at radius 1 is 1.33 bits per heavy atom. The first-order chi connectivity index (χ1) is 10.0. The molecule has 21 heavy (non-hydrogen) atoms. The summed E-state index contributed by atoms with van der Waals surface area (Å²) < 4.78 is 18.5. The maximum atomic E-state index is 13.1. The van der Waals surface area contributed by atoms with E-state index in [1.165, 1.54) is 12.1 Å². The van der Waals surface area contributed by atoms with E-state index in [4.69, 9.17) is 16.3 Å². The Kier molecular flexibility index (Phi) is 3.42. The summed E-state index contributed by atoms with van der Waals surface area (Å²) in [5.41, 5.74) is -0.474. The smallest absolute Gasteiger partial charge is 0.314 e. The second-order valence-corrected chi connectivity index (χ2v) is 5.02. The van der Waals surface area contributed by atoms with Crippen molar-refractivity contribution in [1.29, 1.82) is 0 Å². The van der Waals surface area contributed by atoms with Gasteiger partial charge in [0.1, 0.15) is 16.8 Å². The zero-order chi connectivity index (χ0) is 15.0. The van der Waals surface area contributed by atoms with E-state index < -0.39 is 16.4 Å². The Bertz CT molecular complexity index is 722. The van der Waals surface area contributed by atoms with E-state index in [1.54, 1.807) is 0 Å². The number of nitrogens with zero attached hydrogens (tertiary/aromatic N) is 3. The monoisotopic (exact) mass is 309 g/mol. The van der Waals surface area contributed by atoms with E-state index in [9.17, 15) is 14.5 Å². The number of ether oxygens (including phenoxy) is 1. The lowest BCUT2D eigenvalue weighted by Crippen LogP contribution is -1.99. The molecule has 1 aromatic heterocycles. The number of rotatable bonds is 4. The molecule has 2 aromatic rings. The van der Waals surface area contributed by atoms with Crippen molar-refractivity contribution in [3.05, 3.63) is 51.2 Å². The van der Waals surface area contributed by atoms with Crippen molar-refractivity contribution < 1.29 is 14.1 Å². The van der Waals surface area contributed by atoms with Gasteiger partial charge in [0, 0.05) is 12.0 Å². The Hall–Kier alpha value is -2.28. The van der Waals surface area contributed by atoms with Crippen LogP contribution in [0.5, 0.6) is 11.6 Å². The predicted octanol–water partition coefficient (Wildman–Crippen LogP) is 3.85. The van der Waals surface area contributed by atoms with Crippen molar-refractivity contribution in [1.82, 2.24) is 9.97 Å². The number of hydrogen-bond donors (Lipinski definition) is 0. The zero-order valence-corrected chi connectivity index (χ0v) is 11.4. The molecule has 0 aliphatic heterocycles. The van der Waals surface area contributed by atoms with Crippen LogP contribution in [0.3, 0.4) is 0 Å². The number of aromatic nitrogens is 2. The topological polar surface area (TPSA) is 78.2 Å². The fourth-order valence-electron chi connectivity index (χ4n) is 1.82. The van der Waals surface area contributed by atoms with Gasteiger partial charge in [0.2, 0.25) is 11.6 Å². The molecule has 1 saturated carbocycles. The number of nitro benzene ring substituents is 1. The normalized spacial score (nSPS) is 14.0. The number of halogens is 2. The van der Waals surface area contributed by atoms with Crippen LogP contribution in [0.1, 0.15) is 24.6 Å². The molecule has 108 valence electrons. The Morgan fingerprint density at radius 2 is 2.10 bits per heavy atom. The second kappa shape index (κ2) is 5.25. The van der Waals surface area contributed by atoms with E-state index in [0.717, 1.165) is 25.0 Å². The van der Waals surface area contributed by atoms with Crippen molar-refractivity contribution in [2.24, 2.45) is 0 Å². The highest BCUT2D eigenvalue weighted by Gasteiger charge is 2.28. The summed E-state index contributed by atoms with van der Waals surface area (Å²) in [5.74, 6) is 0.106. The summed E-state index contributed by atoms with van der Waals surface area (Å²) in [6.45, 7) is 0. The van der Waals surface area contributed by atoms with Crippen LogP contribution in [0.15, 0.2) is 24.3 Å². The molecule has 1 aliphatic rings. The third-order valence-electron chi connectivity index (χ3n) is 2.96. The van der Waals surface area contributed by atoms with Gasteiger partial charge in [-0.05, 0) is 25.0 Å². The minimum absolute atomic E-state index is 0.0992. The van der Waals surface area contributed by atoms with Crippen molar-refractivity contribution >= 4 is 17.3 Å². The first kappa shape index (κ1) is 13.7. The van der Waals surface area contributed by atoms with Gasteiger partial charge in [-0.25, -0.2) is 9.37 Å². The quantitative estimate of drug-likeness (QED) is 0.487. The lowest BCUT2D eigenvalue weighted by Gasteiger charge is -2.07. The van der Waals surface area contributed by atoms with Crippen molar-refractivity contribution in [2.75, 3.05) is 0 Å². The van der Waals surface area contributed by atoms with Crippen LogP contribution in [-0.2, 0) is 0 Å². The molecule has 3 rings (SSSR count). The van der Waals surface area contributed by atoms with Gasteiger partial charge in [-0.2, -0.15) is 4.98 Å². The van der Waals surface area contributed by atoms with Crippen LogP contribution in [0.4, 0.5) is 10.1 Å². The SMILES string of the molecule is O=[N+]([O-])c1cc(F)ccc1Oc1cc(Cl)nc(C2CC2)n1. The van der Waals surface area contributed by atoms with E-state index >= 15 is 0 Å². The minimum atomic E-state index is -0.719. The van der Waals surface area contributed by atoms with Crippen LogP contribution < -0.4 is 4.74 Å². The Balaban J connectivity index is 1.95. The molecule has 1 aliphatic carbocycles. The summed E-state index contributed by atoms with van der Waals surface area (Å²) in [5, 5.41) is 11.1. The van der Waals surface area contributed by atoms with Gasteiger partial charge in [-0.1, -0.05) is 11.6 Å². The number of benzene rings is 1. The van der Waals surface area contributed by atoms with E-state index in [0.29, 0.717) is 5.82 Å². The fourth-order valence-corrected chi connectivity index (χ4v) is 2.00. The van der Waals surface area contributed by atoms with Crippen LogP contribution >= 0.6 is 11.6 Å². The van der Waals surface area contributed by atoms with E-state index in [-0.39, 0.29) is 22.7 Å². The van der Waals surface area contributed by atoms with Crippen molar-refractivity contribution in [3.63, 3.8) is 0 Å². The molecule has 0 amide bonds. The molecule has 1 heterocycles. The first-order valence-electron chi connectivity index (χ1n) is 6.19. The summed E-state index contributed by atoms with van der Waals surface area (Å²) >= 11 is 5.89. The Labute approximate surface area is 123 Å². The average Bonchev–Trinajstić information content (AvgIpc) is 3.24. The molecular weight excluding hydrogens is 301 g/mol. The molecule has 0 atom stereocenters. The fraction of sp³-hybridized carbons (Fsp3) is 0.231. The molecule has 1 fully saturated rings. The van der Waals surface area contributed by atoms with Crippen LogP contribution in [0, 0.1) is 15.9 Å². The summed E-state index contributed by atoms with van der Waals surface area (Å²) in [6.07, 6.45) is 1.97. The molecule has 1 aromatic carbocycles. The highest BCUT2D eigenvalue weighted by atomic mass is 35.5. The largest absolute Gasteiger partial charge is 0.432 e. The average molecular weight is 310 g/mol. The molecular formula is C13H9ClFN3O3. The third kappa shape index (κ3) is 3.08. The zero-order valence-electron chi connectivity index (χ0n) is 10.6. The summed E-state index contributed by atoms with van der Waals surface area (Å²) in [7, 11) is 0. The van der Waals surface area contributed by atoms with Crippen LogP contribution in [0.2, 0.25) is 5.15 Å². The van der Waals surface area contributed by atoms with Gasteiger partial charge in [0.25, 0.3) is 0 Å².